The number of halogens is 1. The Balaban J connectivity index is 1.78. The van der Waals surface area contributed by atoms with E-state index in [0.717, 1.165) is 4.47 Å². The smallest absolute Gasteiger partial charge is 0.238 e. The Labute approximate surface area is 137 Å². The quantitative estimate of drug-likeness (QED) is 0.567. The van der Waals surface area contributed by atoms with E-state index in [9.17, 15) is 9.59 Å². The average molecular weight is 358 g/mol. The van der Waals surface area contributed by atoms with Gasteiger partial charge in [-0.2, -0.15) is 0 Å². The number of benzene rings is 1. The van der Waals surface area contributed by atoms with Crippen molar-refractivity contribution in [1.29, 1.82) is 0 Å². The summed E-state index contributed by atoms with van der Waals surface area (Å²) in [7, 11) is 0. The minimum Gasteiger partial charge on any atom is -0.274 e. The van der Waals surface area contributed by atoms with Crippen molar-refractivity contribution in [1.82, 2.24) is 0 Å². The van der Waals surface area contributed by atoms with Gasteiger partial charge in [0.1, 0.15) is 0 Å². The van der Waals surface area contributed by atoms with Crippen LogP contribution >= 0.6 is 15.9 Å². The molecule has 22 heavy (non-hydrogen) atoms. The zero-order valence-corrected chi connectivity index (χ0v) is 14.0. The Hall–Kier alpha value is -1.68. The maximum absolute atomic E-state index is 12.9. The number of hydrogen-bond donors (Lipinski definition) is 0. The van der Waals surface area contributed by atoms with Gasteiger partial charge >= 0.3 is 0 Å². The number of nitrogens with zero attached hydrogens (tertiary/aromatic N) is 1. The summed E-state index contributed by atoms with van der Waals surface area (Å²) < 4.78 is 0.869. The first-order valence-electron chi connectivity index (χ1n) is 7.49. The number of rotatable bonds is 1. The molecule has 0 radical (unpaired) electrons. The number of fused-ring (bicyclic) bond motifs is 5. The molecule has 4 heteroatoms. The third kappa shape index (κ3) is 1.67. The molecule has 1 saturated heterocycles. The summed E-state index contributed by atoms with van der Waals surface area (Å²) in [6.07, 6.45) is 4.23. The molecule has 2 bridgehead atoms. The first-order valence-corrected chi connectivity index (χ1v) is 8.29. The second kappa shape index (κ2) is 4.66. The van der Waals surface area contributed by atoms with E-state index in [2.05, 4.69) is 41.9 Å². The molecule has 112 valence electrons. The number of hydrogen-bond acceptors (Lipinski definition) is 2. The van der Waals surface area contributed by atoms with Crippen molar-refractivity contribution in [3.8, 4) is 0 Å². The van der Waals surface area contributed by atoms with Crippen molar-refractivity contribution in [2.75, 3.05) is 4.90 Å². The van der Waals surface area contributed by atoms with Crippen LogP contribution in [0, 0.1) is 23.7 Å². The number of amides is 2. The number of carbonyl (C=O) groups is 2. The Morgan fingerprint density at radius 2 is 1.64 bits per heavy atom. The van der Waals surface area contributed by atoms with Gasteiger partial charge in [0, 0.05) is 16.3 Å². The Kier molecular flexibility index (Phi) is 2.95. The Morgan fingerprint density at radius 3 is 2.14 bits per heavy atom. The molecular weight excluding hydrogens is 342 g/mol. The zero-order valence-electron chi connectivity index (χ0n) is 12.4. The van der Waals surface area contributed by atoms with Crippen molar-refractivity contribution in [2.24, 2.45) is 23.7 Å². The first kappa shape index (κ1) is 13.9. The van der Waals surface area contributed by atoms with E-state index in [-0.39, 0.29) is 35.5 Å². The topological polar surface area (TPSA) is 37.4 Å². The standard InChI is InChI=1S/C18H16BrNO2/c1-9(2)14-12-6-7-13(14)16-15(12)17(21)20(18(16)22)11-5-3-4-10(19)8-11/h3-8,12-13,15-16H,1-2H3/t12-,13-,15-,16-/m1/s1. The number of carbonyl (C=O) groups excluding carboxylic acids is 2. The number of allylic oxidation sites excluding steroid dienone is 4. The molecule has 1 aromatic carbocycles. The normalized spacial score (nSPS) is 32.1. The molecular formula is C18H16BrNO2. The van der Waals surface area contributed by atoms with E-state index in [1.165, 1.54) is 16.0 Å². The zero-order chi connectivity index (χ0) is 15.6. The predicted octanol–water partition coefficient (Wildman–Crippen LogP) is 3.71. The summed E-state index contributed by atoms with van der Waals surface area (Å²) in [6, 6.07) is 7.39. The highest BCUT2D eigenvalue weighted by Gasteiger charge is 2.61. The Bertz CT molecular complexity index is 726. The van der Waals surface area contributed by atoms with Crippen LogP contribution in [0.25, 0.3) is 0 Å². The van der Waals surface area contributed by atoms with Gasteiger partial charge in [0.15, 0.2) is 0 Å². The lowest BCUT2D eigenvalue weighted by Gasteiger charge is -2.19. The van der Waals surface area contributed by atoms with Crippen LogP contribution in [-0.2, 0) is 9.59 Å². The van der Waals surface area contributed by atoms with Crippen LogP contribution in [0.4, 0.5) is 5.69 Å². The molecule has 1 saturated carbocycles. The summed E-state index contributed by atoms with van der Waals surface area (Å²) in [5.74, 6) is -0.327. The Morgan fingerprint density at radius 1 is 1.05 bits per heavy atom. The molecule has 0 aromatic heterocycles. The lowest BCUT2D eigenvalue weighted by molar-refractivity contribution is -0.122. The van der Waals surface area contributed by atoms with E-state index in [4.69, 9.17) is 0 Å². The maximum Gasteiger partial charge on any atom is 0.238 e. The minimum absolute atomic E-state index is 0.0521. The highest BCUT2D eigenvalue weighted by Crippen LogP contribution is 2.57. The number of imide groups is 1. The molecule has 3 aliphatic rings. The highest BCUT2D eigenvalue weighted by molar-refractivity contribution is 9.10. The van der Waals surface area contributed by atoms with Gasteiger partial charge in [-0.1, -0.05) is 45.3 Å². The predicted molar refractivity (Wildman–Crippen MR) is 88.1 cm³/mol. The lowest BCUT2D eigenvalue weighted by Crippen LogP contribution is -2.33. The molecule has 0 unspecified atom stereocenters. The first-order chi connectivity index (χ1) is 10.5. The molecule has 1 aliphatic heterocycles. The molecule has 2 fully saturated rings. The molecule has 3 nitrogen and oxygen atoms in total. The summed E-state index contributed by atoms with van der Waals surface area (Å²) in [6.45, 7) is 4.15. The van der Waals surface area contributed by atoms with Gasteiger partial charge in [-0.05, 0) is 32.0 Å². The molecule has 1 aromatic rings. The molecule has 2 aliphatic carbocycles. The monoisotopic (exact) mass is 357 g/mol. The van der Waals surface area contributed by atoms with Crippen LogP contribution in [0.5, 0.6) is 0 Å². The van der Waals surface area contributed by atoms with Crippen LogP contribution in [0.3, 0.4) is 0 Å². The van der Waals surface area contributed by atoms with E-state index in [1.54, 1.807) is 0 Å². The van der Waals surface area contributed by atoms with E-state index >= 15 is 0 Å². The van der Waals surface area contributed by atoms with Crippen molar-refractivity contribution in [3.63, 3.8) is 0 Å². The fraction of sp³-hybridized carbons (Fsp3) is 0.333. The molecule has 2 amide bonds. The lowest BCUT2D eigenvalue weighted by atomic mass is 9.85. The summed E-state index contributed by atoms with van der Waals surface area (Å²) in [5, 5.41) is 0. The third-order valence-electron chi connectivity index (χ3n) is 5.06. The minimum atomic E-state index is -0.216. The van der Waals surface area contributed by atoms with Gasteiger partial charge in [-0.25, -0.2) is 4.90 Å². The molecule has 0 spiro atoms. The van der Waals surface area contributed by atoms with Gasteiger partial charge in [0.2, 0.25) is 11.8 Å². The second-order valence-corrected chi connectivity index (χ2v) is 7.35. The summed E-state index contributed by atoms with van der Waals surface area (Å²) in [4.78, 5) is 27.2. The van der Waals surface area contributed by atoms with Crippen LogP contribution < -0.4 is 4.90 Å². The van der Waals surface area contributed by atoms with Crippen LogP contribution in [-0.4, -0.2) is 11.8 Å². The van der Waals surface area contributed by atoms with Gasteiger partial charge in [0.25, 0.3) is 0 Å². The fourth-order valence-corrected chi connectivity index (χ4v) is 4.69. The third-order valence-corrected chi connectivity index (χ3v) is 5.55. The van der Waals surface area contributed by atoms with E-state index in [0.29, 0.717) is 5.69 Å². The summed E-state index contributed by atoms with van der Waals surface area (Å²) >= 11 is 3.41. The van der Waals surface area contributed by atoms with Gasteiger partial charge in [0.05, 0.1) is 17.5 Å². The molecule has 4 atom stereocenters. The largest absolute Gasteiger partial charge is 0.274 e. The maximum atomic E-state index is 12.9. The van der Waals surface area contributed by atoms with Gasteiger partial charge in [-0.15, -0.1) is 0 Å². The second-order valence-electron chi connectivity index (χ2n) is 6.44. The number of anilines is 1. The van der Waals surface area contributed by atoms with E-state index in [1.807, 2.05) is 24.3 Å². The molecule has 0 N–H and O–H groups in total. The van der Waals surface area contributed by atoms with Crippen molar-refractivity contribution in [3.05, 3.63) is 52.0 Å². The summed E-state index contributed by atoms with van der Waals surface area (Å²) in [5.41, 5.74) is 3.19. The molecule has 1 heterocycles. The van der Waals surface area contributed by atoms with Crippen LogP contribution in [0.2, 0.25) is 0 Å². The van der Waals surface area contributed by atoms with E-state index < -0.39 is 0 Å². The highest BCUT2D eigenvalue weighted by atomic mass is 79.9. The average Bonchev–Trinajstić information content (AvgIpc) is 3.09. The van der Waals surface area contributed by atoms with Crippen LogP contribution in [0.15, 0.2) is 52.0 Å². The van der Waals surface area contributed by atoms with Gasteiger partial charge in [-0.3, -0.25) is 9.59 Å². The SMILES string of the molecule is CC(C)=C1[C@H]2C=C[C@H]1[C@H]1C(=O)N(c3cccc(Br)c3)C(=O)[C@@H]12. The van der Waals surface area contributed by atoms with Crippen molar-refractivity contribution >= 4 is 33.4 Å². The fourth-order valence-electron chi connectivity index (χ4n) is 4.30. The van der Waals surface area contributed by atoms with Gasteiger partial charge < -0.3 is 0 Å². The van der Waals surface area contributed by atoms with Crippen LogP contribution in [0.1, 0.15) is 13.8 Å². The van der Waals surface area contributed by atoms with Crippen molar-refractivity contribution < 1.29 is 9.59 Å². The molecule has 4 rings (SSSR count). The van der Waals surface area contributed by atoms with Crippen molar-refractivity contribution in [2.45, 2.75) is 13.8 Å².